The zero-order valence-electron chi connectivity index (χ0n) is 8.15. The second-order valence-electron chi connectivity index (χ2n) is 3.93. The van der Waals surface area contributed by atoms with Crippen LogP contribution in [-0.4, -0.2) is 30.9 Å². The van der Waals surface area contributed by atoms with Crippen molar-refractivity contribution in [3.8, 4) is 6.07 Å². The van der Waals surface area contributed by atoms with E-state index in [1.807, 2.05) is 6.07 Å². The summed E-state index contributed by atoms with van der Waals surface area (Å²) in [4.78, 5) is 11.6. The van der Waals surface area contributed by atoms with Crippen LogP contribution in [0, 0.1) is 16.7 Å². The molecule has 0 aromatic rings. The highest BCUT2D eigenvalue weighted by molar-refractivity contribution is 7.90. The molecule has 0 aliphatic carbocycles. The first-order chi connectivity index (χ1) is 6.31. The van der Waals surface area contributed by atoms with Crippen molar-refractivity contribution in [1.82, 2.24) is 4.31 Å². The van der Waals surface area contributed by atoms with Crippen LogP contribution in [0.25, 0.3) is 0 Å². The lowest BCUT2D eigenvalue weighted by Gasteiger charge is -2.15. The van der Waals surface area contributed by atoms with Gasteiger partial charge in [-0.3, -0.25) is 4.79 Å². The predicted octanol–water partition coefficient (Wildman–Crippen LogP) is 0.0983. The van der Waals surface area contributed by atoms with Crippen LogP contribution >= 0.6 is 0 Å². The fourth-order valence-corrected chi connectivity index (χ4v) is 3.51. The van der Waals surface area contributed by atoms with E-state index in [1.165, 1.54) is 0 Å². The van der Waals surface area contributed by atoms with Crippen LogP contribution in [0.5, 0.6) is 0 Å². The van der Waals surface area contributed by atoms with Crippen molar-refractivity contribution in [3.05, 3.63) is 0 Å². The minimum Gasteiger partial charge on any atom is -0.273 e. The molecular weight excluding hydrogens is 204 g/mol. The second kappa shape index (κ2) is 3.24. The van der Waals surface area contributed by atoms with Crippen LogP contribution in [0.2, 0.25) is 0 Å². The molecule has 1 aliphatic heterocycles. The third kappa shape index (κ3) is 1.73. The Balaban J connectivity index is 2.96. The molecule has 0 saturated carbocycles. The van der Waals surface area contributed by atoms with Crippen LogP contribution in [0.1, 0.15) is 20.3 Å². The molecule has 1 saturated heterocycles. The second-order valence-corrected chi connectivity index (χ2v) is 5.82. The highest BCUT2D eigenvalue weighted by atomic mass is 32.2. The number of nitriles is 1. The van der Waals surface area contributed by atoms with Gasteiger partial charge < -0.3 is 0 Å². The number of hydrogen-bond acceptors (Lipinski definition) is 4. The van der Waals surface area contributed by atoms with Gasteiger partial charge in [-0.2, -0.15) is 5.26 Å². The van der Waals surface area contributed by atoms with E-state index in [2.05, 4.69) is 0 Å². The average molecular weight is 216 g/mol. The maximum atomic E-state index is 11.6. The van der Waals surface area contributed by atoms with Crippen molar-refractivity contribution in [2.24, 2.45) is 5.41 Å². The Kier molecular flexibility index (Phi) is 2.54. The van der Waals surface area contributed by atoms with E-state index >= 15 is 0 Å². The summed E-state index contributed by atoms with van der Waals surface area (Å²) in [5.41, 5.74) is -0.853. The molecule has 14 heavy (non-hydrogen) atoms. The molecule has 78 valence electrons. The maximum Gasteiger partial charge on any atom is 0.242 e. The number of hydrogen-bond donors (Lipinski definition) is 0. The Hall–Kier alpha value is -1.09. The molecule has 0 bridgehead atoms. The SMILES string of the molecule is CC1(C)CS(=O)(=O)N(CCC#N)C1=O. The van der Waals surface area contributed by atoms with Crippen molar-refractivity contribution in [2.75, 3.05) is 12.3 Å². The van der Waals surface area contributed by atoms with Crippen molar-refractivity contribution in [2.45, 2.75) is 20.3 Å². The topological polar surface area (TPSA) is 78.2 Å². The molecule has 0 aromatic heterocycles. The van der Waals surface area contributed by atoms with Crippen LogP contribution in [-0.2, 0) is 14.8 Å². The predicted molar refractivity (Wildman–Crippen MR) is 49.5 cm³/mol. The molecule has 0 N–H and O–H groups in total. The minimum absolute atomic E-state index is 0.0267. The molecule has 1 heterocycles. The van der Waals surface area contributed by atoms with Gasteiger partial charge in [-0.25, -0.2) is 12.7 Å². The van der Waals surface area contributed by atoms with Crippen LogP contribution in [0.3, 0.4) is 0 Å². The van der Waals surface area contributed by atoms with Gasteiger partial charge >= 0.3 is 0 Å². The van der Waals surface area contributed by atoms with Crippen molar-refractivity contribution in [1.29, 1.82) is 5.26 Å². The van der Waals surface area contributed by atoms with E-state index in [0.717, 1.165) is 4.31 Å². The molecule has 1 rings (SSSR count). The van der Waals surface area contributed by atoms with E-state index in [9.17, 15) is 13.2 Å². The number of rotatable bonds is 2. The minimum atomic E-state index is -3.48. The van der Waals surface area contributed by atoms with Gasteiger partial charge in [0.1, 0.15) is 0 Å². The fraction of sp³-hybridized carbons (Fsp3) is 0.750. The van der Waals surface area contributed by atoms with Gasteiger partial charge in [0.2, 0.25) is 15.9 Å². The molecule has 0 atom stereocenters. The fourth-order valence-electron chi connectivity index (χ4n) is 1.45. The monoisotopic (exact) mass is 216 g/mol. The summed E-state index contributed by atoms with van der Waals surface area (Å²) in [5, 5.41) is 8.33. The van der Waals surface area contributed by atoms with Gasteiger partial charge in [0, 0.05) is 6.54 Å². The zero-order valence-corrected chi connectivity index (χ0v) is 8.97. The molecule has 1 amide bonds. The van der Waals surface area contributed by atoms with E-state index in [0.29, 0.717) is 0 Å². The van der Waals surface area contributed by atoms with E-state index in [-0.39, 0.29) is 18.7 Å². The maximum absolute atomic E-state index is 11.6. The number of carbonyl (C=O) groups excluding carboxylic acids is 1. The Morgan fingerprint density at radius 3 is 2.50 bits per heavy atom. The van der Waals surface area contributed by atoms with Gasteiger partial charge in [0.15, 0.2) is 0 Å². The van der Waals surface area contributed by atoms with Crippen molar-refractivity contribution in [3.63, 3.8) is 0 Å². The lowest BCUT2D eigenvalue weighted by atomic mass is 9.95. The zero-order chi connectivity index (χ0) is 11.0. The summed E-state index contributed by atoms with van der Waals surface area (Å²) in [6.07, 6.45) is 0.0427. The molecular formula is C8H12N2O3S. The summed E-state index contributed by atoms with van der Waals surface area (Å²) < 4.78 is 23.8. The average Bonchev–Trinajstić information content (AvgIpc) is 2.16. The molecule has 1 fully saturated rings. The molecule has 0 radical (unpaired) electrons. The molecule has 0 aromatic carbocycles. The Morgan fingerprint density at radius 1 is 1.57 bits per heavy atom. The van der Waals surface area contributed by atoms with Crippen LogP contribution in [0.4, 0.5) is 0 Å². The van der Waals surface area contributed by atoms with Gasteiger partial charge in [0.05, 0.1) is 23.7 Å². The van der Waals surface area contributed by atoms with Crippen molar-refractivity contribution < 1.29 is 13.2 Å². The van der Waals surface area contributed by atoms with Crippen LogP contribution in [0.15, 0.2) is 0 Å². The Bertz CT molecular complexity index is 391. The quantitative estimate of drug-likeness (QED) is 0.655. The lowest BCUT2D eigenvalue weighted by molar-refractivity contribution is -0.132. The molecule has 5 nitrogen and oxygen atoms in total. The first kappa shape index (κ1) is 11.0. The standard InChI is InChI=1S/C8H12N2O3S/c1-8(2)6-14(12,13)10(7(8)11)5-3-4-9/h3,5-6H2,1-2H3. The number of amides is 1. The summed E-state index contributed by atoms with van der Waals surface area (Å²) in [6.45, 7) is 3.17. The van der Waals surface area contributed by atoms with Gasteiger partial charge in [0.25, 0.3) is 0 Å². The van der Waals surface area contributed by atoms with E-state index < -0.39 is 21.3 Å². The summed E-state index contributed by atoms with van der Waals surface area (Å²) in [6, 6.07) is 1.82. The Labute approximate surface area is 83.4 Å². The molecule has 0 spiro atoms. The first-order valence-electron chi connectivity index (χ1n) is 4.23. The largest absolute Gasteiger partial charge is 0.273 e. The van der Waals surface area contributed by atoms with Crippen molar-refractivity contribution >= 4 is 15.9 Å². The van der Waals surface area contributed by atoms with Gasteiger partial charge in [-0.05, 0) is 13.8 Å². The van der Waals surface area contributed by atoms with Crippen LogP contribution < -0.4 is 0 Å². The third-order valence-corrected chi connectivity index (χ3v) is 4.22. The highest BCUT2D eigenvalue weighted by Gasteiger charge is 2.48. The number of nitrogens with zero attached hydrogens (tertiary/aromatic N) is 2. The first-order valence-corrected chi connectivity index (χ1v) is 5.84. The smallest absolute Gasteiger partial charge is 0.242 e. The third-order valence-electron chi connectivity index (χ3n) is 2.11. The molecule has 6 heteroatoms. The molecule has 1 aliphatic rings. The number of sulfonamides is 1. The van der Waals surface area contributed by atoms with Gasteiger partial charge in [-0.15, -0.1) is 0 Å². The summed E-state index contributed by atoms with van der Waals surface area (Å²) in [7, 11) is -3.48. The number of carbonyl (C=O) groups is 1. The summed E-state index contributed by atoms with van der Waals surface area (Å²) in [5.74, 6) is -0.572. The summed E-state index contributed by atoms with van der Waals surface area (Å²) >= 11 is 0. The lowest BCUT2D eigenvalue weighted by Crippen LogP contribution is -2.33. The molecule has 0 unspecified atom stereocenters. The normalized spacial score (nSPS) is 23.5. The Morgan fingerprint density at radius 2 is 2.14 bits per heavy atom. The van der Waals surface area contributed by atoms with E-state index in [4.69, 9.17) is 5.26 Å². The highest BCUT2D eigenvalue weighted by Crippen LogP contribution is 2.31. The van der Waals surface area contributed by atoms with E-state index in [1.54, 1.807) is 13.8 Å². The van der Waals surface area contributed by atoms with Gasteiger partial charge in [-0.1, -0.05) is 0 Å².